The molecule has 1 saturated heterocycles. The number of sulfone groups is 1. The Bertz CT molecular complexity index is 781. The topological polar surface area (TPSA) is 114 Å². The number of hydrogen-bond acceptors (Lipinski definition) is 8. The highest BCUT2D eigenvalue weighted by Crippen LogP contribution is 2.18. The summed E-state index contributed by atoms with van der Waals surface area (Å²) < 4.78 is 22.8. The molecule has 8 nitrogen and oxygen atoms in total. The molecule has 3 rings (SSSR count). The summed E-state index contributed by atoms with van der Waals surface area (Å²) in [5.74, 6) is 1.71. The Labute approximate surface area is 135 Å². The number of anilines is 2. The molecule has 1 aliphatic rings. The number of nitrogens with one attached hydrogen (secondary N) is 1. The molecule has 2 aromatic rings. The molecule has 9 heteroatoms. The normalized spacial score (nSPS) is 18.1. The highest BCUT2D eigenvalue weighted by atomic mass is 32.2. The van der Waals surface area contributed by atoms with E-state index in [1.807, 2.05) is 6.07 Å². The minimum atomic E-state index is -2.81. The van der Waals surface area contributed by atoms with Crippen molar-refractivity contribution >= 4 is 32.5 Å². The van der Waals surface area contributed by atoms with E-state index < -0.39 is 9.84 Å². The lowest BCUT2D eigenvalue weighted by Gasteiger charge is -2.26. The summed E-state index contributed by atoms with van der Waals surface area (Å²) in [7, 11) is -2.81. The number of nitrogens with zero attached hydrogens (tertiary/aromatic N) is 4. The number of hydrogen-bond donors (Lipinski definition) is 2. The quantitative estimate of drug-likeness (QED) is 0.741. The average Bonchev–Trinajstić information content (AvgIpc) is 2.52. The third kappa shape index (κ3) is 4.05. The number of aromatic nitrogens is 3. The Morgan fingerprint density at radius 2 is 2.00 bits per heavy atom. The van der Waals surface area contributed by atoms with Gasteiger partial charge < -0.3 is 16.0 Å². The molecule has 3 heterocycles. The molecule has 2 aromatic heterocycles. The summed E-state index contributed by atoms with van der Waals surface area (Å²) in [4.78, 5) is 14.7. The molecule has 0 radical (unpaired) electrons. The molecule has 0 bridgehead atoms. The minimum absolute atomic E-state index is 0.268. The molecular formula is C14H20N6O2S. The third-order valence-electron chi connectivity index (χ3n) is 3.90. The molecule has 124 valence electrons. The fraction of sp³-hybridized carbons (Fsp3) is 0.500. The van der Waals surface area contributed by atoms with Crippen LogP contribution in [0.5, 0.6) is 0 Å². The summed E-state index contributed by atoms with van der Waals surface area (Å²) >= 11 is 0. The van der Waals surface area contributed by atoms with Crippen LogP contribution < -0.4 is 11.1 Å². The zero-order valence-corrected chi connectivity index (χ0v) is 13.6. The lowest BCUT2D eigenvalue weighted by Crippen LogP contribution is -2.41. The number of nitrogens with two attached hydrogens (primary N) is 1. The van der Waals surface area contributed by atoms with Crippen molar-refractivity contribution in [2.75, 3.05) is 48.7 Å². The third-order valence-corrected chi connectivity index (χ3v) is 5.51. The van der Waals surface area contributed by atoms with Crippen LogP contribution in [0.15, 0.2) is 18.5 Å². The first-order chi connectivity index (χ1) is 11.0. The highest BCUT2D eigenvalue weighted by Gasteiger charge is 2.20. The van der Waals surface area contributed by atoms with Crippen molar-refractivity contribution in [3.8, 4) is 0 Å². The first-order valence-electron chi connectivity index (χ1n) is 7.57. The van der Waals surface area contributed by atoms with Gasteiger partial charge in [0.25, 0.3) is 0 Å². The van der Waals surface area contributed by atoms with Gasteiger partial charge in [0.05, 0.1) is 16.9 Å². The Morgan fingerprint density at radius 3 is 2.78 bits per heavy atom. The Hall–Kier alpha value is -2.00. The van der Waals surface area contributed by atoms with E-state index in [0.29, 0.717) is 24.6 Å². The Balaban J connectivity index is 1.52. The van der Waals surface area contributed by atoms with Gasteiger partial charge in [0.15, 0.2) is 15.5 Å². The van der Waals surface area contributed by atoms with E-state index in [9.17, 15) is 8.42 Å². The first kappa shape index (κ1) is 15.9. The van der Waals surface area contributed by atoms with Crippen molar-refractivity contribution in [1.82, 2.24) is 19.9 Å². The molecule has 0 unspecified atom stereocenters. The maximum atomic E-state index is 11.4. The van der Waals surface area contributed by atoms with Crippen LogP contribution in [0.25, 0.3) is 11.0 Å². The molecule has 1 aliphatic heterocycles. The van der Waals surface area contributed by atoms with Crippen molar-refractivity contribution < 1.29 is 8.42 Å². The lowest BCUT2D eigenvalue weighted by molar-refractivity contribution is 0.294. The van der Waals surface area contributed by atoms with Crippen LogP contribution in [0.2, 0.25) is 0 Å². The maximum Gasteiger partial charge on any atom is 0.166 e. The largest absolute Gasteiger partial charge is 0.384 e. The zero-order chi connectivity index (χ0) is 16.3. The molecule has 3 N–H and O–H groups in total. The molecule has 0 atom stereocenters. The van der Waals surface area contributed by atoms with E-state index in [1.165, 1.54) is 6.33 Å². The van der Waals surface area contributed by atoms with Gasteiger partial charge in [0.2, 0.25) is 0 Å². The van der Waals surface area contributed by atoms with Crippen LogP contribution in [0, 0.1) is 0 Å². The van der Waals surface area contributed by atoms with E-state index in [0.717, 1.165) is 30.7 Å². The van der Waals surface area contributed by atoms with Gasteiger partial charge in [-0.25, -0.2) is 23.4 Å². The number of rotatable bonds is 5. The predicted octanol–water partition coefficient (Wildman–Crippen LogP) is 0.139. The van der Waals surface area contributed by atoms with Crippen molar-refractivity contribution in [3.05, 3.63) is 18.5 Å². The van der Waals surface area contributed by atoms with Crippen LogP contribution in [-0.2, 0) is 9.84 Å². The van der Waals surface area contributed by atoms with Gasteiger partial charge in [-0.2, -0.15) is 0 Å². The fourth-order valence-electron chi connectivity index (χ4n) is 2.58. The number of nitrogen functional groups attached to an aromatic ring is 1. The lowest BCUT2D eigenvalue weighted by atomic mass is 10.3. The van der Waals surface area contributed by atoms with Gasteiger partial charge in [-0.15, -0.1) is 0 Å². The Morgan fingerprint density at radius 1 is 1.22 bits per heavy atom. The van der Waals surface area contributed by atoms with Crippen LogP contribution in [0.3, 0.4) is 0 Å². The van der Waals surface area contributed by atoms with Gasteiger partial charge in [0, 0.05) is 19.6 Å². The van der Waals surface area contributed by atoms with Crippen molar-refractivity contribution in [2.24, 2.45) is 0 Å². The maximum absolute atomic E-state index is 11.4. The van der Waals surface area contributed by atoms with E-state index in [-0.39, 0.29) is 11.5 Å². The summed E-state index contributed by atoms with van der Waals surface area (Å²) in [5, 5.41) is 4.12. The molecule has 0 aliphatic carbocycles. The summed E-state index contributed by atoms with van der Waals surface area (Å²) in [6.45, 7) is 2.88. The van der Waals surface area contributed by atoms with Crippen molar-refractivity contribution in [3.63, 3.8) is 0 Å². The van der Waals surface area contributed by atoms with E-state index in [2.05, 4.69) is 25.2 Å². The fourth-order valence-corrected chi connectivity index (χ4v) is 3.86. The molecule has 1 fully saturated rings. The monoisotopic (exact) mass is 336 g/mol. The second kappa shape index (κ2) is 6.63. The van der Waals surface area contributed by atoms with E-state index in [4.69, 9.17) is 5.73 Å². The summed E-state index contributed by atoms with van der Waals surface area (Å²) in [5.41, 5.74) is 6.23. The van der Waals surface area contributed by atoms with Gasteiger partial charge in [-0.3, -0.25) is 0 Å². The van der Waals surface area contributed by atoms with Crippen molar-refractivity contribution in [2.45, 2.75) is 6.42 Å². The smallest absolute Gasteiger partial charge is 0.166 e. The molecular weight excluding hydrogens is 316 g/mol. The summed E-state index contributed by atoms with van der Waals surface area (Å²) in [6.07, 6.45) is 2.38. The zero-order valence-electron chi connectivity index (χ0n) is 12.8. The van der Waals surface area contributed by atoms with Crippen LogP contribution in [0.1, 0.15) is 6.42 Å². The molecule has 0 spiro atoms. The van der Waals surface area contributed by atoms with Gasteiger partial charge in [-0.1, -0.05) is 0 Å². The van der Waals surface area contributed by atoms with E-state index >= 15 is 0 Å². The minimum Gasteiger partial charge on any atom is -0.384 e. The summed E-state index contributed by atoms with van der Waals surface area (Å²) in [6, 6.07) is 3.58. The van der Waals surface area contributed by atoms with Crippen LogP contribution >= 0.6 is 0 Å². The number of fused-ring (bicyclic) bond motifs is 1. The second-order valence-corrected chi connectivity index (χ2v) is 7.91. The van der Waals surface area contributed by atoms with Gasteiger partial charge in [0.1, 0.15) is 18.0 Å². The Kier molecular flexibility index (Phi) is 4.58. The van der Waals surface area contributed by atoms with E-state index in [1.54, 1.807) is 6.07 Å². The molecule has 23 heavy (non-hydrogen) atoms. The highest BCUT2D eigenvalue weighted by molar-refractivity contribution is 7.91. The van der Waals surface area contributed by atoms with Gasteiger partial charge >= 0.3 is 0 Å². The second-order valence-electron chi connectivity index (χ2n) is 5.60. The van der Waals surface area contributed by atoms with Crippen LogP contribution in [0.4, 0.5) is 11.6 Å². The number of pyridine rings is 1. The van der Waals surface area contributed by atoms with Crippen molar-refractivity contribution in [1.29, 1.82) is 0 Å². The SMILES string of the molecule is Nc1ccc2c(NCCCN3CCS(=O)(=O)CC3)ncnc2n1. The molecule has 0 amide bonds. The first-order valence-corrected chi connectivity index (χ1v) is 9.39. The molecule has 0 aromatic carbocycles. The van der Waals surface area contributed by atoms with Crippen LogP contribution in [-0.4, -0.2) is 66.0 Å². The molecule has 0 saturated carbocycles. The average molecular weight is 336 g/mol. The predicted molar refractivity (Wildman–Crippen MR) is 89.9 cm³/mol. The van der Waals surface area contributed by atoms with Gasteiger partial charge in [-0.05, 0) is 25.1 Å². The standard InChI is InChI=1S/C14H20N6O2S/c15-12-3-2-11-13(17-10-18-14(11)19-12)16-4-1-5-20-6-8-23(21,22)9-7-20/h2-3,10H,1,4-9H2,(H3,15,16,17,18,19).